The third-order valence-corrected chi connectivity index (χ3v) is 12.7. The fourth-order valence-corrected chi connectivity index (χ4v) is 8.52. The van der Waals surface area contributed by atoms with E-state index in [1.54, 1.807) is 26.0 Å². The van der Waals surface area contributed by atoms with E-state index in [0.717, 1.165) is 45.5 Å². The van der Waals surface area contributed by atoms with Crippen LogP contribution < -0.4 is 9.47 Å². The zero-order valence-corrected chi connectivity index (χ0v) is 41.2. The van der Waals surface area contributed by atoms with Crippen molar-refractivity contribution in [2.75, 3.05) is 33.5 Å². The first-order chi connectivity index (χ1) is 35.5. The van der Waals surface area contributed by atoms with Gasteiger partial charge in [0.25, 0.3) is 0 Å². The van der Waals surface area contributed by atoms with Crippen LogP contribution in [0.2, 0.25) is 0 Å². The van der Waals surface area contributed by atoms with Crippen LogP contribution in [0.3, 0.4) is 0 Å². The van der Waals surface area contributed by atoms with Gasteiger partial charge in [0.2, 0.25) is 0 Å². The normalized spacial score (nSPS) is 12.9. The molecule has 0 saturated heterocycles. The number of carboxylic acids is 2. The molecule has 0 aromatic heterocycles. The van der Waals surface area contributed by atoms with Gasteiger partial charge in [-0.2, -0.15) is 0 Å². The Balaban J connectivity index is 1.13. The van der Waals surface area contributed by atoms with Gasteiger partial charge in [-0.05, 0) is 113 Å². The van der Waals surface area contributed by atoms with Crippen LogP contribution in [0.1, 0.15) is 90.9 Å². The fraction of sp³-hybridized carbons (Fsp3) is 0.220. The first-order valence-electron chi connectivity index (χ1n) is 23.5. The highest BCUT2D eigenvalue weighted by molar-refractivity contribution is 6.05. The minimum absolute atomic E-state index is 0.00821. The predicted octanol–water partition coefficient (Wildman–Crippen LogP) is 9.92. The monoisotopic (exact) mass is 1000 g/mol. The Morgan fingerprint density at radius 2 is 1.00 bits per heavy atom. The van der Waals surface area contributed by atoms with E-state index in [0.29, 0.717) is 17.9 Å². The molecule has 6 aromatic rings. The molecule has 15 heteroatoms. The average molecular weight is 1000 g/mol. The first kappa shape index (κ1) is 53.0. The smallest absolute Gasteiger partial charge is 0.339 e. The maximum atomic E-state index is 13.8. The molecule has 2 atom stereocenters. The van der Waals surface area contributed by atoms with Crippen LogP contribution >= 0.6 is 0 Å². The van der Waals surface area contributed by atoms with E-state index in [1.807, 2.05) is 67.6 Å². The molecule has 7 rings (SSSR count). The van der Waals surface area contributed by atoms with E-state index in [4.69, 9.17) is 33.2 Å². The number of aromatic carboxylic acids is 2. The summed E-state index contributed by atoms with van der Waals surface area (Å²) in [5.41, 5.74) is 3.55. The summed E-state index contributed by atoms with van der Waals surface area (Å²) >= 11 is 0. The van der Waals surface area contributed by atoms with E-state index >= 15 is 0 Å². The van der Waals surface area contributed by atoms with Gasteiger partial charge in [0.15, 0.2) is 6.10 Å². The van der Waals surface area contributed by atoms with Crippen molar-refractivity contribution in [1.29, 1.82) is 0 Å². The Labute approximate surface area is 427 Å². The summed E-state index contributed by atoms with van der Waals surface area (Å²) < 4.78 is 39.3. The molecule has 1 aliphatic carbocycles. The molecule has 0 saturated carbocycles. The highest BCUT2D eigenvalue weighted by atomic mass is 16.6. The molecule has 1 aliphatic rings. The van der Waals surface area contributed by atoms with Gasteiger partial charge in [-0.15, -0.1) is 0 Å². The second-order valence-corrected chi connectivity index (χ2v) is 17.7. The molecule has 0 amide bonds. The van der Waals surface area contributed by atoms with Crippen molar-refractivity contribution in [3.8, 4) is 33.8 Å². The number of carbonyl (C=O) groups is 6. The lowest BCUT2D eigenvalue weighted by Crippen LogP contribution is -2.31. The van der Waals surface area contributed by atoms with E-state index in [9.17, 15) is 39.0 Å². The van der Waals surface area contributed by atoms with Gasteiger partial charge in [-0.3, -0.25) is 0 Å². The number of rotatable bonds is 23. The number of carbonyl (C=O) groups excluding carboxylic acids is 4. The summed E-state index contributed by atoms with van der Waals surface area (Å²) in [6.07, 6.45) is 0.752. The number of fused-ring (bicyclic) bond motifs is 3. The van der Waals surface area contributed by atoms with Gasteiger partial charge in [-0.25, -0.2) is 28.8 Å². The van der Waals surface area contributed by atoms with Crippen LogP contribution in [0.15, 0.2) is 159 Å². The number of benzene rings is 6. The topological polar surface area (TPSA) is 207 Å². The molecule has 2 unspecified atom stereocenters. The molecule has 0 fully saturated rings. The molecular formula is C59H54O15. The molecule has 15 nitrogen and oxygen atoms in total. The largest absolute Gasteiger partial charge is 0.491 e. The molecule has 0 bridgehead atoms. The van der Waals surface area contributed by atoms with Crippen molar-refractivity contribution in [2.24, 2.45) is 0 Å². The second kappa shape index (κ2) is 23.2. The quantitative estimate of drug-likeness (QED) is 0.0347. The number of hydrogen-bond donors (Lipinski definition) is 2. The van der Waals surface area contributed by atoms with Crippen molar-refractivity contribution in [1.82, 2.24) is 0 Å². The number of ether oxygens (including phenoxy) is 7. The summed E-state index contributed by atoms with van der Waals surface area (Å²) in [5.74, 6) is -5.20. The molecule has 0 aliphatic heterocycles. The Bertz CT molecular complexity index is 3050. The molecule has 0 radical (unpaired) electrons. The van der Waals surface area contributed by atoms with Crippen molar-refractivity contribution in [3.63, 3.8) is 0 Å². The van der Waals surface area contributed by atoms with Crippen molar-refractivity contribution in [3.05, 3.63) is 203 Å². The average Bonchev–Trinajstić information content (AvgIpc) is 3.72. The maximum absolute atomic E-state index is 13.8. The fourth-order valence-electron chi connectivity index (χ4n) is 8.52. The predicted molar refractivity (Wildman–Crippen MR) is 273 cm³/mol. The zero-order valence-electron chi connectivity index (χ0n) is 41.2. The Morgan fingerprint density at radius 3 is 1.43 bits per heavy atom. The van der Waals surface area contributed by atoms with E-state index < -0.39 is 71.2 Å². The lowest BCUT2D eigenvalue weighted by molar-refractivity contribution is -0.142. The van der Waals surface area contributed by atoms with Crippen molar-refractivity contribution < 1.29 is 72.1 Å². The lowest BCUT2D eigenvalue weighted by Gasteiger charge is -2.34. The minimum Gasteiger partial charge on any atom is -0.491 e. The third-order valence-electron chi connectivity index (χ3n) is 12.7. The second-order valence-electron chi connectivity index (χ2n) is 17.7. The van der Waals surface area contributed by atoms with E-state index in [1.165, 1.54) is 43.5 Å². The van der Waals surface area contributed by atoms with Crippen molar-refractivity contribution in [2.45, 2.75) is 50.4 Å². The molecule has 0 spiro atoms. The zero-order chi connectivity index (χ0) is 53.2. The number of hydrogen-bond acceptors (Lipinski definition) is 13. The van der Waals surface area contributed by atoms with Crippen LogP contribution in [-0.2, 0) is 38.7 Å². The summed E-state index contributed by atoms with van der Waals surface area (Å²) in [6, 6.07) is 39.4. The highest BCUT2D eigenvalue weighted by Crippen LogP contribution is 2.56. The number of esters is 4. The van der Waals surface area contributed by atoms with Crippen LogP contribution in [0.5, 0.6) is 11.5 Å². The summed E-state index contributed by atoms with van der Waals surface area (Å²) in [7, 11) is 1.51. The van der Waals surface area contributed by atoms with Gasteiger partial charge in [0, 0.05) is 19.3 Å². The molecule has 2 N–H and O–H groups in total. The Kier molecular flexibility index (Phi) is 16.6. The summed E-state index contributed by atoms with van der Waals surface area (Å²) in [4.78, 5) is 75.5. The van der Waals surface area contributed by atoms with Crippen LogP contribution in [0.4, 0.5) is 0 Å². The van der Waals surface area contributed by atoms with Crippen LogP contribution in [-0.4, -0.2) is 97.4 Å². The van der Waals surface area contributed by atoms with Crippen molar-refractivity contribution >= 4 is 35.8 Å². The number of methoxy groups -OCH3 is 1. The highest BCUT2D eigenvalue weighted by Gasteiger charge is 2.46. The minimum atomic E-state index is -1.49. The van der Waals surface area contributed by atoms with Gasteiger partial charge < -0.3 is 43.4 Å². The molecular weight excluding hydrogens is 949 g/mol. The molecule has 380 valence electrons. The van der Waals surface area contributed by atoms with Gasteiger partial charge in [-0.1, -0.05) is 105 Å². The summed E-state index contributed by atoms with van der Waals surface area (Å²) in [6.45, 7) is 11.4. The van der Waals surface area contributed by atoms with E-state index in [-0.39, 0.29) is 47.6 Å². The Hall–Kier alpha value is -8.82. The number of carboxylic acid groups (broad SMARTS) is 2. The lowest BCUT2D eigenvalue weighted by atomic mass is 9.68. The standard InChI is InChI=1S/C59H54O15/c1-7-52(60)71-33-42(68-6)32-69-40-24-20-38(21-25-40)59(50-16-12-10-14-44(50)45-15-11-13-17-51(45)59)39-22-26-41(27-23-39)70-34-43(35-72-53(61)8-2)73-56(66)46-28-18-36(30-48(46)54(62)63)37-19-29-47(49(31-37)55(64)65)57(67)74-58(4,5)9-3/h7-8,10-31,42-43H,1-2,9,32-35H2,3-6H3,(H,62,63)(H,64,65). The third kappa shape index (κ3) is 11.6. The SMILES string of the molecule is C=CC(=O)OCC(COc1ccc(C2(c3ccc(OCC(COC(=O)C=C)OC(=O)c4ccc(-c5ccc(C(=O)OC(C)(C)CC)c(C(=O)O)c5)cc4C(=O)O)cc3)c3ccccc3-c3ccccc32)cc1)OC. The van der Waals surface area contributed by atoms with E-state index in [2.05, 4.69) is 37.4 Å². The summed E-state index contributed by atoms with van der Waals surface area (Å²) in [5, 5.41) is 20.3. The first-order valence-corrected chi connectivity index (χ1v) is 23.5. The van der Waals surface area contributed by atoms with Gasteiger partial charge in [0.05, 0.1) is 27.7 Å². The van der Waals surface area contributed by atoms with Gasteiger partial charge in [0.1, 0.15) is 49.6 Å². The van der Waals surface area contributed by atoms with Gasteiger partial charge >= 0.3 is 35.8 Å². The van der Waals surface area contributed by atoms with Crippen LogP contribution in [0.25, 0.3) is 22.3 Å². The molecule has 74 heavy (non-hydrogen) atoms. The Morgan fingerprint density at radius 1 is 0.568 bits per heavy atom. The molecule has 0 heterocycles. The molecule has 6 aromatic carbocycles. The van der Waals surface area contributed by atoms with Crippen LogP contribution in [0, 0.1) is 0 Å². The maximum Gasteiger partial charge on any atom is 0.339 e.